The van der Waals surface area contributed by atoms with Crippen LogP contribution in [0, 0.1) is 0 Å². The van der Waals surface area contributed by atoms with Gasteiger partial charge >= 0.3 is 0 Å². The fourth-order valence-corrected chi connectivity index (χ4v) is 3.08. The van der Waals surface area contributed by atoms with E-state index in [1.807, 2.05) is 0 Å². The minimum atomic E-state index is -3.00. The Kier molecular flexibility index (Phi) is 5.31. The lowest BCUT2D eigenvalue weighted by molar-refractivity contribution is -0.388. The molecule has 2 aliphatic rings. The van der Waals surface area contributed by atoms with E-state index in [0.29, 0.717) is 0 Å². The molecule has 0 aromatic carbocycles. The van der Waals surface area contributed by atoms with Gasteiger partial charge in [0.15, 0.2) is 17.5 Å². The van der Waals surface area contributed by atoms with Gasteiger partial charge < -0.3 is 55.4 Å². The molecule has 136 valence electrons. The average molecular weight is 342 g/mol. The molecule has 11 heteroatoms. The van der Waals surface area contributed by atoms with Crippen LogP contribution >= 0.6 is 0 Å². The van der Waals surface area contributed by atoms with E-state index in [0.717, 1.165) is 0 Å². The van der Waals surface area contributed by atoms with E-state index in [4.69, 9.17) is 19.7 Å². The first-order valence-electron chi connectivity index (χ1n) is 6.99. The molecule has 0 aromatic heterocycles. The number of aliphatic hydroxyl groups is 9. The topological polar surface area (TPSA) is 201 Å². The van der Waals surface area contributed by atoms with Crippen LogP contribution in [-0.2, 0) is 9.47 Å². The molecule has 23 heavy (non-hydrogen) atoms. The van der Waals surface area contributed by atoms with E-state index >= 15 is 0 Å². The highest BCUT2D eigenvalue weighted by atomic mass is 16.6. The summed E-state index contributed by atoms with van der Waals surface area (Å²) in [7, 11) is 0. The smallest absolute Gasteiger partial charge is 0.184 e. The molecule has 0 saturated carbocycles. The van der Waals surface area contributed by atoms with Crippen molar-refractivity contribution in [3.05, 3.63) is 0 Å². The molecule has 2 aliphatic heterocycles. The molecule has 0 amide bonds. The number of hydrogen-bond donors (Lipinski definition) is 9. The third kappa shape index (κ3) is 2.58. The lowest BCUT2D eigenvalue weighted by Crippen LogP contribution is -2.82. The van der Waals surface area contributed by atoms with E-state index in [1.165, 1.54) is 0 Å². The molecular formula is C12H22O11. The lowest BCUT2D eigenvalue weighted by Gasteiger charge is -2.57. The number of rotatable bonds is 3. The van der Waals surface area contributed by atoms with Gasteiger partial charge in [-0.25, -0.2) is 0 Å². The van der Waals surface area contributed by atoms with Crippen molar-refractivity contribution >= 4 is 0 Å². The third-order valence-corrected chi connectivity index (χ3v) is 4.60. The number of aliphatic hydroxyl groups excluding tert-OH is 7. The van der Waals surface area contributed by atoms with Gasteiger partial charge in [0.1, 0.15) is 36.6 Å². The predicted octanol–water partition coefficient (Wildman–Crippen LogP) is -6.01. The van der Waals surface area contributed by atoms with Crippen molar-refractivity contribution in [1.29, 1.82) is 0 Å². The van der Waals surface area contributed by atoms with Crippen LogP contribution in [-0.4, -0.2) is 120 Å². The molecule has 2 fully saturated rings. The largest absolute Gasteiger partial charge is 0.394 e. The average Bonchev–Trinajstić information content (AvgIpc) is 2.54. The van der Waals surface area contributed by atoms with Crippen molar-refractivity contribution in [2.45, 2.75) is 54.1 Å². The van der Waals surface area contributed by atoms with Crippen LogP contribution in [0.2, 0.25) is 0 Å². The van der Waals surface area contributed by atoms with Gasteiger partial charge in [0, 0.05) is 0 Å². The summed E-state index contributed by atoms with van der Waals surface area (Å²) < 4.78 is 9.67. The molecule has 2 saturated heterocycles. The molecule has 0 aliphatic carbocycles. The Labute approximate surface area is 130 Å². The molecule has 2 rings (SSSR count). The normalized spacial score (nSPS) is 54.9. The molecule has 0 aromatic rings. The van der Waals surface area contributed by atoms with Crippen molar-refractivity contribution < 1.29 is 55.4 Å². The highest BCUT2D eigenvalue weighted by Gasteiger charge is 2.70. The maximum Gasteiger partial charge on any atom is 0.184 e. The van der Waals surface area contributed by atoms with Crippen molar-refractivity contribution in [2.24, 2.45) is 0 Å². The van der Waals surface area contributed by atoms with Gasteiger partial charge in [-0.05, 0) is 0 Å². The van der Waals surface area contributed by atoms with Crippen molar-refractivity contribution in [2.75, 3.05) is 19.8 Å². The van der Waals surface area contributed by atoms with E-state index < -0.39 is 73.9 Å². The van der Waals surface area contributed by atoms with Crippen molar-refractivity contribution in [1.82, 2.24) is 0 Å². The fourth-order valence-electron chi connectivity index (χ4n) is 3.08. The summed E-state index contributed by atoms with van der Waals surface area (Å²) in [6, 6.07) is 0. The van der Waals surface area contributed by atoms with Crippen LogP contribution in [0.25, 0.3) is 0 Å². The summed E-state index contributed by atoms with van der Waals surface area (Å²) >= 11 is 0. The first-order chi connectivity index (χ1) is 10.6. The van der Waals surface area contributed by atoms with E-state index in [9.17, 15) is 35.7 Å². The Balaban J connectivity index is 2.42. The summed E-state index contributed by atoms with van der Waals surface area (Å²) in [5, 5.41) is 89.3. The molecule has 11 nitrogen and oxygen atoms in total. The zero-order valence-corrected chi connectivity index (χ0v) is 12.0. The number of hydrogen-bond acceptors (Lipinski definition) is 11. The molecule has 0 unspecified atom stereocenters. The summed E-state index contributed by atoms with van der Waals surface area (Å²) in [6.45, 7) is -2.45. The Hall–Kier alpha value is -0.440. The first-order valence-corrected chi connectivity index (χ1v) is 6.99. The second-order valence-corrected chi connectivity index (χ2v) is 5.85. The standard InChI is InChI=1S/C12H22O11/c13-1-4-6(15)8(17)11(20,3-22-4)12(21)7(16)5(2-14)23-10(19)9(12)18/h4-10,13-21H,1-3H2/t4-,5-,6+,7+,8+,9+,10+,11-,12+/m1/s1. The van der Waals surface area contributed by atoms with Gasteiger partial charge in [-0.1, -0.05) is 0 Å². The van der Waals surface area contributed by atoms with Crippen molar-refractivity contribution in [3.8, 4) is 0 Å². The zero-order valence-electron chi connectivity index (χ0n) is 12.0. The second-order valence-electron chi connectivity index (χ2n) is 5.85. The maximum atomic E-state index is 10.7. The summed E-state index contributed by atoms with van der Waals surface area (Å²) in [5.74, 6) is 0. The molecule has 9 N–H and O–H groups in total. The highest BCUT2D eigenvalue weighted by molar-refractivity contribution is 5.18. The number of ether oxygens (including phenoxy) is 2. The molecule has 9 atom stereocenters. The second kappa shape index (κ2) is 6.46. The van der Waals surface area contributed by atoms with Gasteiger partial charge in [-0.2, -0.15) is 0 Å². The van der Waals surface area contributed by atoms with E-state index in [-0.39, 0.29) is 0 Å². The summed E-state index contributed by atoms with van der Waals surface area (Å²) in [4.78, 5) is 0. The SMILES string of the molecule is OC[C@H]1OC[C@](O)([C@@]2(O)[C@@H](O)[C@@H](O)O[C@H](CO)[C@@H]2O)[C@@H](O)[C@H]1O. The maximum absolute atomic E-state index is 10.7. The minimum Gasteiger partial charge on any atom is -0.394 e. The molecule has 2 heterocycles. The predicted molar refractivity (Wildman–Crippen MR) is 68.7 cm³/mol. The minimum absolute atomic E-state index is 0.692. The Morgan fingerprint density at radius 3 is 1.91 bits per heavy atom. The van der Waals surface area contributed by atoms with Crippen LogP contribution in [0.3, 0.4) is 0 Å². The molecule has 0 bridgehead atoms. The Bertz CT molecular complexity index is 422. The quantitative estimate of drug-likeness (QED) is 0.236. The molecule has 0 radical (unpaired) electrons. The van der Waals surface area contributed by atoms with Gasteiger partial charge in [-0.3, -0.25) is 0 Å². The van der Waals surface area contributed by atoms with Crippen LogP contribution in [0.1, 0.15) is 0 Å². The van der Waals surface area contributed by atoms with E-state index in [2.05, 4.69) is 0 Å². The highest BCUT2D eigenvalue weighted by Crippen LogP contribution is 2.42. The van der Waals surface area contributed by atoms with Gasteiger partial charge in [0.05, 0.1) is 19.8 Å². The van der Waals surface area contributed by atoms with Gasteiger partial charge in [0.2, 0.25) is 0 Å². The molecular weight excluding hydrogens is 320 g/mol. The van der Waals surface area contributed by atoms with Crippen LogP contribution in [0.4, 0.5) is 0 Å². The van der Waals surface area contributed by atoms with Crippen LogP contribution in [0.15, 0.2) is 0 Å². The zero-order chi connectivity index (χ0) is 17.6. The first kappa shape index (κ1) is 18.9. The monoisotopic (exact) mass is 342 g/mol. The van der Waals surface area contributed by atoms with Crippen LogP contribution < -0.4 is 0 Å². The Morgan fingerprint density at radius 2 is 1.39 bits per heavy atom. The summed E-state index contributed by atoms with van der Waals surface area (Å²) in [6.07, 6.45) is -13.4. The summed E-state index contributed by atoms with van der Waals surface area (Å²) in [5.41, 5.74) is -5.83. The third-order valence-electron chi connectivity index (χ3n) is 4.60. The Morgan fingerprint density at radius 1 is 0.826 bits per heavy atom. The lowest BCUT2D eigenvalue weighted by atomic mass is 9.66. The van der Waals surface area contributed by atoms with Gasteiger partial charge in [0.25, 0.3) is 0 Å². The van der Waals surface area contributed by atoms with Crippen molar-refractivity contribution in [3.63, 3.8) is 0 Å². The fraction of sp³-hybridized carbons (Fsp3) is 1.00. The van der Waals surface area contributed by atoms with E-state index in [1.54, 1.807) is 0 Å². The van der Waals surface area contributed by atoms with Crippen LogP contribution in [0.5, 0.6) is 0 Å². The molecule has 0 spiro atoms. The van der Waals surface area contributed by atoms with Gasteiger partial charge in [-0.15, -0.1) is 0 Å².